The summed E-state index contributed by atoms with van der Waals surface area (Å²) in [6, 6.07) is 8.13. The monoisotopic (exact) mass is 522 g/mol. The number of piperazine rings is 1. The summed E-state index contributed by atoms with van der Waals surface area (Å²) in [6.07, 6.45) is 5.68. The first kappa shape index (κ1) is 25.6. The van der Waals surface area contributed by atoms with E-state index in [-0.39, 0.29) is 5.91 Å². The normalized spacial score (nSPS) is 19.4. The minimum Gasteiger partial charge on any atom is -0.352 e. The Kier molecular flexibility index (Phi) is 7.71. The highest BCUT2D eigenvalue weighted by molar-refractivity contribution is 6.30. The van der Waals surface area contributed by atoms with Crippen LogP contribution in [0.15, 0.2) is 30.5 Å². The van der Waals surface area contributed by atoms with Gasteiger partial charge in [-0.05, 0) is 56.9 Å². The van der Waals surface area contributed by atoms with Crippen LogP contribution in [0.2, 0.25) is 5.02 Å². The van der Waals surface area contributed by atoms with Crippen molar-refractivity contribution in [2.45, 2.75) is 58.5 Å². The molecule has 9 nitrogen and oxygen atoms in total. The molecule has 37 heavy (non-hydrogen) atoms. The van der Waals surface area contributed by atoms with Crippen molar-refractivity contribution in [1.29, 1.82) is 0 Å². The number of nitrogens with one attached hydrogen (secondary N) is 1. The van der Waals surface area contributed by atoms with E-state index in [1.165, 1.54) is 0 Å². The summed E-state index contributed by atoms with van der Waals surface area (Å²) in [5, 5.41) is 8.87. The molecule has 1 atom stereocenters. The summed E-state index contributed by atoms with van der Waals surface area (Å²) in [5.41, 5.74) is 2.43. The molecule has 196 valence electrons. The number of aromatic nitrogens is 5. The predicted molar refractivity (Wildman–Crippen MR) is 145 cm³/mol. The molecule has 1 amide bonds. The van der Waals surface area contributed by atoms with E-state index < -0.39 is 0 Å². The Labute approximate surface area is 223 Å². The Bertz CT molecular complexity index is 1220. The molecule has 2 aliphatic heterocycles. The standard InChI is InChI=1S/C27H35ClN8O/c1-4-21-17-35(26-23(5-2)31-24(16-29-26)25-30-18(3)32-33-25)14-15-36(21)22-10-12-34(13-11-22)27(37)19-6-8-20(28)9-7-19/h6-9,16,21-22H,4-5,10-15,17H2,1-3H3,(H,30,32,33)/t21-/m0/s1. The first-order valence-corrected chi connectivity index (χ1v) is 13.7. The second-order valence-corrected chi connectivity index (χ2v) is 10.4. The highest BCUT2D eigenvalue weighted by atomic mass is 35.5. The Morgan fingerprint density at radius 3 is 2.49 bits per heavy atom. The molecule has 4 heterocycles. The number of amides is 1. The van der Waals surface area contributed by atoms with E-state index in [9.17, 15) is 4.79 Å². The van der Waals surface area contributed by atoms with Crippen molar-refractivity contribution in [3.8, 4) is 11.5 Å². The summed E-state index contributed by atoms with van der Waals surface area (Å²) in [6.45, 7) is 10.7. The number of aryl methyl sites for hydroxylation is 2. The zero-order valence-electron chi connectivity index (χ0n) is 21.8. The number of likely N-dealkylation sites (tertiary alicyclic amines) is 1. The van der Waals surface area contributed by atoms with E-state index in [1.807, 2.05) is 24.0 Å². The van der Waals surface area contributed by atoms with Gasteiger partial charge in [0, 0.05) is 55.4 Å². The molecule has 3 aromatic rings. The van der Waals surface area contributed by atoms with Crippen LogP contribution in [0.4, 0.5) is 5.82 Å². The van der Waals surface area contributed by atoms with Crippen LogP contribution >= 0.6 is 11.6 Å². The lowest BCUT2D eigenvalue weighted by Gasteiger charge is -2.47. The number of aromatic amines is 1. The average Bonchev–Trinajstić information content (AvgIpc) is 3.38. The molecule has 5 rings (SSSR count). The largest absolute Gasteiger partial charge is 0.352 e. The molecule has 1 N–H and O–H groups in total. The smallest absolute Gasteiger partial charge is 0.253 e. The second-order valence-electron chi connectivity index (χ2n) is 9.91. The number of nitrogens with zero attached hydrogens (tertiary/aromatic N) is 7. The van der Waals surface area contributed by atoms with Gasteiger partial charge < -0.3 is 14.8 Å². The molecule has 0 bridgehead atoms. The molecule has 1 aromatic carbocycles. The number of anilines is 1. The number of hydrogen-bond donors (Lipinski definition) is 1. The van der Waals surface area contributed by atoms with Gasteiger partial charge in [-0.3, -0.25) is 9.69 Å². The SMILES string of the molecule is CCc1nc(-c2nnc(C)[nH]2)cnc1N1CCN(C2CCN(C(=O)c3ccc(Cl)cc3)CC2)[C@@H](CC)C1. The van der Waals surface area contributed by atoms with Crippen molar-refractivity contribution in [3.63, 3.8) is 0 Å². The van der Waals surface area contributed by atoms with Gasteiger partial charge >= 0.3 is 0 Å². The topological polar surface area (TPSA) is 94.1 Å². The van der Waals surface area contributed by atoms with Crippen molar-refractivity contribution < 1.29 is 4.79 Å². The average molecular weight is 523 g/mol. The molecule has 10 heteroatoms. The molecule has 0 unspecified atom stereocenters. The summed E-state index contributed by atoms with van der Waals surface area (Å²) in [4.78, 5) is 32.8. The van der Waals surface area contributed by atoms with Gasteiger partial charge in [-0.1, -0.05) is 25.4 Å². The van der Waals surface area contributed by atoms with Crippen LogP contribution in [0, 0.1) is 6.92 Å². The Hall–Kier alpha value is -3.04. The van der Waals surface area contributed by atoms with Gasteiger partial charge in [-0.25, -0.2) is 9.97 Å². The lowest BCUT2D eigenvalue weighted by Crippen LogP contribution is -2.59. The number of carbonyl (C=O) groups is 1. The minimum absolute atomic E-state index is 0.0987. The number of piperidine rings is 1. The summed E-state index contributed by atoms with van der Waals surface area (Å²) in [7, 11) is 0. The molecule has 2 aromatic heterocycles. The molecule has 2 saturated heterocycles. The molecule has 2 aliphatic rings. The third-order valence-electron chi connectivity index (χ3n) is 7.61. The number of benzene rings is 1. The van der Waals surface area contributed by atoms with Crippen molar-refractivity contribution in [2.24, 2.45) is 0 Å². The molecular formula is C27H35ClN8O. The van der Waals surface area contributed by atoms with Gasteiger partial charge in [-0.2, -0.15) is 0 Å². The second kappa shape index (κ2) is 11.1. The van der Waals surface area contributed by atoms with Crippen molar-refractivity contribution in [3.05, 3.63) is 52.6 Å². The van der Waals surface area contributed by atoms with E-state index in [2.05, 4.69) is 38.8 Å². The Morgan fingerprint density at radius 1 is 1.08 bits per heavy atom. The van der Waals surface area contributed by atoms with Crippen LogP contribution in [-0.4, -0.2) is 85.7 Å². The minimum atomic E-state index is 0.0987. The first-order valence-electron chi connectivity index (χ1n) is 13.3. The van der Waals surface area contributed by atoms with Gasteiger partial charge in [0.05, 0.1) is 11.9 Å². The van der Waals surface area contributed by atoms with Crippen LogP contribution in [0.5, 0.6) is 0 Å². The van der Waals surface area contributed by atoms with E-state index >= 15 is 0 Å². The maximum atomic E-state index is 12.9. The van der Waals surface area contributed by atoms with Gasteiger partial charge in [0.2, 0.25) is 0 Å². The summed E-state index contributed by atoms with van der Waals surface area (Å²) < 4.78 is 0. The lowest BCUT2D eigenvalue weighted by molar-refractivity contribution is 0.0490. The van der Waals surface area contributed by atoms with Crippen LogP contribution in [0.25, 0.3) is 11.5 Å². The number of carbonyl (C=O) groups excluding carboxylic acids is 1. The molecule has 0 spiro atoms. The molecule has 0 aliphatic carbocycles. The third-order valence-corrected chi connectivity index (χ3v) is 7.86. The number of rotatable bonds is 6. The zero-order chi connectivity index (χ0) is 25.9. The van der Waals surface area contributed by atoms with Crippen molar-refractivity contribution in [2.75, 3.05) is 37.6 Å². The highest BCUT2D eigenvalue weighted by Gasteiger charge is 2.35. The molecule has 0 saturated carbocycles. The van der Waals surface area contributed by atoms with E-state index in [0.29, 0.717) is 28.5 Å². The van der Waals surface area contributed by atoms with Crippen LogP contribution in [0.1, 0.15) is 55.0 Å². The lowest BCUT2D eigenvalue weighted by atomic mass is 9.97. The van der Waals surface area contributed by atoms with E-state index in [4.69, 9.17) is 21.6 Å². The Morgan fingerprint density at radius 2 is 1.84 bits per heavy atom. The van der Waals surface area contributed by atoms with E-state index in [0.717, 1.165) is 81.4 Å². The zero-order valence-corrected chi connectivity index (χ0v) is 22.6. The third kappa shape index (κ3) is 5.48. The number of H-pyrrole nitrogens is 1. The summed E-state index contributed by atoms with van der Waals surface area (Å²) >= 11 is 5.99. The van der Waals surface area contributed by atoms with Crippen LogP contribution < -0.4 is 4.90 Å². The fourth-order valence-electron chi connectivity index (χ4n) is 5.58. The van der Waals surface area contributed by atoms with Crippen LogP contribution in [0.3, 0.4) is 0 Å². The number of halogens is 1. The number of hydrogen-bond acceptors (Lipinski definition) is 7. The maximum Gasteiger partial charge on any atom is 0.253 e. The predicted octanol–water partition coefficient (Wildman–Crippen LogP) is 3.99. The van der Waals surface area contributed by atoms with Gasteiger partial charge in [0.15, 0.2) is 5.82 Å². The summed E-state index contributed by atoms with van der Waals surface area (Å²) in [5.74, 6) is 2.50. The van der Waals surface area contributed by atoms with E-state index in [1.54, 1.807) is 18.3 Å². The van der Waals surface area contributed by atoms with Crippen molar-refractivity contribution >= 4 is 23.3 Å². The molecule has 2 fully saturated rings. The van der Waals surface area contributed by atoms with Gasteiger partial charge in [-0.15, -0.1) is 10.2 Å². The first-order chi connectivity index (χ1) is 18.0. The molecule has 0 radical (unpaired) electrons. The van der Waals surface area contributed by atoms with Gasteiger partial charge in [0.1, 0.15) is 17.3 Å². The van der Waals surface area contributed by atoms with Crippen LogP contribution in [-0.2, 0) is 6.42 Å². The maximum absolute atomic E-state index is 12.9. The quantitative estimate of drug-likeness (QED) is 0.523. The Balaban J connectivity index is 1.22. The fraction of sp³-hybridized carbons (Fsp3) is 0.519. The molecular weight excluding hydrogens is 488 g/mol. The highest BCUT2D eigenvalue weighted by Crippen LogP contribution is 2.28. The van der Waals surface area contributed by atoms with Gasteiger partial charge in [0.25, 0.3) is 5.91 Å². The fourth-order valence-corrected chi connectivity index (χ4v) is 5.71. The van der Waals surface area contributed by atoms with Crippen molar-refractivity contribution in [1.82, 2.24) is 34.9 Å².